The van der Waals surface area contributed by atoms with E-state index in [9.17, 15) is 9.59 Å². The first-order chi connectivity index (χ1) is 14.5. The van der Waals surface area contributed by atoms with Gasteiger partial charge in [0.15, 0.2) is 0 Å². The maximum atomic E-state index is 13.6. The van der Waals surface area contributed by atoms with Crippen molar-refractivity contribution in [3.8, 4) is 0 Å². The zero-order valence-corrected chi connectivity index (χ0v) is 18.2. The van der Waals surface area contributed by atoms with Gasteiger partial charge in [0, 0.05) is 6.04 Å². The van der Waals surface area contributed by atoms with Crippen LogP contribution in [0, 0.1) is 5.92 Å². The lowest BCUT2D eigenvalue weighted by molar-refractivity contribution is -0.134. The maximum Gasteiger partial charge on any atom is 0.271 e. The van der Waals surface area contributed by atoms with Crippen LogP contribution < -0.4 is 5.32 Å². The van der Waals surface area contributed by atoms with Crippen LogP contribution in [-0.2, 0) is 17.9 Å². The van der Waals surface area contributed by atoms with Gasteiger partial charge >= 0.3 is 0 Å². The molecule has 0 aromatic carbocycles. The molecule has 3 aromatic heterocycles. The summed E-state index contributed by atoms with van der Waals surface area (Å²) >= 11 is 1.62. The number of carbonyl (C=O) groups excluding carboxylic acids is 2. The average molecular weight is 426 g/mol. The first-order valence-corrected chi connectivity index (χ1v) is 11.6. The second-order valence-electron chi connectivity index (χ2n) is 8.96. The van der Waals surface area contributed by atoms with Crippen LogP contribution in [0.3, 0.4) is 0 Å². The van der Waals surface area contributed by atoms with Crippen LogP contribution in [0.4, 0.5) is 0 Å². The second kappa shape index (κ2) is 7.30. The van der Waals surface area contributed by atoms with Gasteiger partial charge in [-0.1, -0.05) is 6.92 Å². The van der Waals surface area contributed by atoms with Crippen molar-refractivity contribution in [2.24, 2.45) is 5.92 Å². The summed E-state index contributed by atoms with van der Waals surface area (Å²) in [6, 6.07) is 7.80. The number of hydrogen-bond donors (Lipinski definition) is 1. The van der Waals surface area contributed by atoms with E-state index in [2.05, 4.69) is 12.2 Å². The molecule has 5 rings (SSSR count). The fourth-order valence-corrected chi connectivity index (χ4v) is 5.65. The van der Waals surface area contributed by atoms with Gasteiger partial charge in [-0.15, -0.1) is 11.3 Å². The van der Waals surface area contributed by atoms with Crippen molar-refractivity contribution in [2.75, 3.05) is 0 Å². The summed E-state index contributed by atoms with van der Waals surface area (Å²) in [4.78, 5) is 28.9. The molecular formula is C23H27N3O3S. The van der Waals surface area contributed by atoms with Crippen LogP contribution >= 0.6 is 11.3 Å². The van der Waals surface area contributed by atoms with Gasteiger partial charge in [-0.25, -0.2) is 0 Å². The van der Waals surface area contributed by atoms with Crippen LogP contribution in [0.1, 0.15) is 55.8 Å². The third-order valence-electron chi connectivity index (χ3n) is 6.78. The Labute approximate surface area is 179 Å². The first kappa shape index (κ1) is 19.4. The van der Waals surface area contributed by atoms with Crippen LogP contribution in [0.2, 0.25) is 0 Å². The fraction of sp³-hybridized carbons (Fsp3) is 0.478. The molecule has 4 heterocycles. The molecule has 1 atom stereocenters. The van der Waals surface area contributed by atoms with E-state index in [0.29, 0.717) is 18.0 Å². The highest BCUT2D eigenvalue weighted by Crippen LogP contribution is 2.35. The highest BCUT2D eigenvalue weighted by Gasteiger charge is 2.48. The van der Waals surface area contributed by atoms with Crippen molar-refractivity contribution in [2.45, 2.75) is 64.2 Å². The van der Waals surface area contributed by atoms with E-state index in [1.807, 2.05) is 41.1 Å². The number of hydrogen-bond acceptors (Lipinski definition) is 4. The van der Waals surface area contributed by atoms with E-state index in [1.54, 1.807) is 22.5 Å². The van der Waals surface area contributed by atoms with Gasteiger partial charge in [-0.2, -0.15) is 0 Å². The zero-order chi connectivity index (χ0) is 20.9. The summed E-state index contributed by atoms with van der Waals surface area (Å²) < 4.78 is 8.60. The Hall–Kier alpha value is -2.54. The third kappa shape index (κ3) is 3.16. The number of carbonyl (C=O) groups is 2. The van der Waals surface area contributed by atoms with Gasteiger partial charge in [-0.3, -0.25) is 9.59 Å². The van der Waals surface area contributed by atoms with Crippen molar-refractivity contribution in [3.05, 3.63) is 47.4 Å². The van der Waals surface area contributed by atoms with Gasteiger partial charge in [0.25, 0.3) is 5.91 Å². The largest absolute Gasteiger partial charge is 0.467 e. The molecule has 7 heteroatoms. The molecule has 6 nitrogen and oxygen atoms in total. The lowest BCUT2D eigenvalue weighted by Crippen LogP contribution is -2.64. The maximum absolute atomic E-state index is 13.6. The van der Waals surface area contributed by atoms with E-state index in [-0.39, 0.29) is 24.4 Å². The number of nitrogens with zero attached hydrogens (tertiary/aromatic N) is 2. The summed E-state index contributed by atoms with van der Waals surface area (Å²) in [5, 5.41) is 5.30. The fourth-order valence-electron chi connectivity index (χ4n) is 4.82. The van der Waals surface area contributed by atoms with Crippen LogP contribution in [0.5, 0.6) is 0 Å². The lowest BCUT2D eigenvalue weighted by Gasteiger charge is -2.44. The SMILES string of the molecule is CC1CCC(NC(=O)[C@@]2(C)Cn3c(cc4sccc43)C(=O)N2Cc2ccco2)CC1. The molecule has 0 radical (unpaired) electrons. The standard InChI is InChI=1S/C23H27N3O3S/c1-15-5-7-16(8-6-15)24-22(28)23(2)14-25-18-9-11-30-20(18)12-19(25)21(27)26(23)13-17-4-3-10-29-17/h3-4,9-12,15-16H,5-8,13-14H2,1-2H3,(H,24,28)/t15?,16?,23-/m1/s1. The Morgan fingerprint density at radius 2 is 2.10 bits per heavy atom. The monoisotopic (exact) mass is 425 g/mol. The predicted molar refractivity (Wildman–Crippen MR) is 116 cm³/mol. The molecule has 1 aliphatic carbocycles. The van der Waals surface area contributed by atoms with E-state index >= 15 is 0 Å². The van der Waals surface area contributed by atoms with Crippen LogP contribution in [0.15, 0.2) is 40.3 Å². The zero-order valence-electron chi connectivity index (χ0n) is 17.4. The Kier molecular flexibility index (Phi) is 4.73. The molecule has 3 aromatic rings. The number of nitrogens with one attached hydrogen (secondary N) is 1. The van der Waals surface area contributed by atoms with E-state index < -0.39 is 5.54 Å². The molecule has 1 aliphatic heterocycles. The Balaban J connectivity index is 1.50. The molecule has 1 saturated carbocycles. The summed E-state index contributed by atoms with van der Waals surface area (Å²) in [6.45, 7) is 4.86. The van der Waals surface area contributed by atoms with Gasteiger partial charge in [-0.05, 0) is 68.2 Å². The average Bonchev–Trinajstić information content (AvgIpc) is 3.45. The second-order valence-corrected chi connectivity index (χ2v) is 9.91. The summed E-state index contributed by atoms with van der Waals surface area (Å²) in [5.41, 5.74) is 0.667. The topological polar surface area (TPSA) is 67.5 Å². The number of aromatic nitrogens is 1. The molecule has 1 fully saturated rings. The highest BCUT2D eigenvalue weighted by atomic mass is 32.1. The van der Waals surface area contributed by atoms with Gasteiger partial charge in [0.2, 0.25) is 5.91 Å². The number of fused-ring (bicyclic) bond motifs is 3. The quantitative estimate of drug-likeness (QED) is 0.673. The summed E-state index contributed by atoms with van der Waals surface area (Å²) in [5.74, 6) is 1.19. The minimum atomic E-state index is -0.992. The highest BCUT2D eigenvalue weighted by molar-refractivity contribution is 7.17. The van der Waals surface area contributed by atoms with Gasteiger partial charge in [0.1, 0.15) is 17.0 Å². The van der Waals surface area contributed by atoms with Crippen molar-refractivity contribution in [1.82, 2.24) is 14.8 Å². The van der Waals surface area contributed by atoms with E-state index in [1.165, 1.54) is 0 Å². The normalized spacial score (nSPS) is 26.7. The van der Waals surface area contributed by atoms with Gasteiger partial charge in [0.05, 0.1) is 29.6 Å². The van der Waals surface area contributed by atoms with Crippen molar-refractivity contribution >= 4 is 33.4 Å². The molecule has 0 spiro atoms. The first-order valence-electron chi connectivity index (χ1n) is 10.7. The molecule has 2 aliphatic rings. The molecule has 0 saturated heterocycles. The van der Waals surface area contributed by atoms with Gasteiger partial charge < -0.3 is 19.2 Å². The lowest BCUT2D eigenvalue weighted by atomic mass is 9.86. The van der Waals surface area contributed by atoms with Crippen molar-refractivity contribution in [1.29, 1.82) is 0 Å². The molecule has 0 unspecified atom stereocenters. The van der Waals surface area contributed by atoms with E-state index in [0.717, 1.165) is 41.8 Å². The van der Waals surface area contributed by atoms with Crippen LogP contribution in [0.25, 0.3) is 10.2 Å². The smallest absolute Gasteiger partial charge is 0.271 e. The molecule has 2 amide bonds. The Morgan fingerprint density at radius 1 is 1.30 bits per heavy atom. The number of thiophene rings is 1. The van der Waals surface area contributed by atoms with E-state index in [4.69, 9.17) is 4.42 Å². The predicted octanol–water partition coefficient (Wildman–Crippen LogP) is 4.41. The Morgan fingerprint density at radius 3 is 2.83 bits per heavy atom. The Bertz CT molecular complexity index is 1070. The molecule has 30 heavy (non-hydrogen) atoms. The molecular weight excluding hydrogens is 398 g/mol. The summed E-state index contributed by atoms with van der Waals surface area (Å²) in [7, 11) is 0. The minimum Gasteiger partial charge on any atom is -0.467 e. The summed E-state index contributed by atoms with van der Waals surface area (Å²) in [6.07, 6.45) is 5.86. The number of rotatable bonds is 4. The molecule has 158 valence electrons. The third-order valence-corrected chi connectivity index (χ3v) is 7.64. The molecule has 0 bridgehead atoms. The van der Waals surface area contributed by atoms with Crippen molar-refractivity contribution in [3.63, 3.8) is 0 Å². The number of amides is 2. The minimum absolute atomic E-state index is 0.0790. The van der Waals surface area contributed by atoms with Crippen LogP contribution in [-0.4, -0.2) is 32.9 Å². The van der Waals surface area contributed by atoms with Crippen molar-refractivity contribution < 1.29 is 14.0 Å². The number of furan rings is 1. The molecule has 1 N–H and O–H groups in total.